The van der Waals surface area contributed by atoms with Crippen LogP contribution in [0.5, 0.6) is 0 Å². The van der Waals surface area contributed by atoms with Crippen LogP contribution in [0.1, 0.15) is 37.8 Å². The van der Waals surface area contributed by atoms with Gasteiger partial charge in [0.1, 0.15) is 0 Å². The first-order chi connectivity index (χ1) is 9.85. The van der Waals surface area contributed by atoms with Crippen LogP contribution in [0.25, 0.3) is 0 Å². The Morgan fingerprint density at radius 3 is 2.85 bits per heavy atom. The molecule has 3 rings (SSSR count). The number of ether oxygens (including phenoxy) is 1. The van der Waals surface area contributed by atoms with Gasteiger partial charge in [0.25, 0.3) is 0 Å². The van der Waals surface area contributed by atoms with Gasteiger partial charge in [0.15, 0.2) is 0 Å². The molecule has 0 amide bonds. The van der Waals surface area contributed by atoms with Crippen LogP contribution in [0.2, 0.25) is 0 Å². The molecule has 0 saturated heterocycles. The van der Waals surface area contributed by atoms with Gasteiger partial charge < -0.3 is 4.74 Å². The molecule has 1 fully saturated rings. The van der Waals surface area contributed by atoms with Gasteiger partial charge >= 0.3 is 0 Å². The number of hydrogen-bond acceptors (Lipinski definition) is 3. The molecule has 2 heterocycles. The second-order valence-electron chi connectivity index (χ2n) is 6.52. The van der Waals surface area contributed by atoms with Crippen molar-refractivity contribution in [1.82, 2.24) is 14.7 Å². The Bertz CT molecular complexity index is 412. The first kappa shape index (κ1) is 14.1. The zero-order chi connectivity index (χ0) is 13.8. The molecule has 20 heavy (non-hydrogen) atoms. The van der Waals surface area contributed by atoms with E-state index in [9.17, 15) is 0 Å². The van der Waals surface area contributed by atoms with Crippen LogP contribution in [0, 0.1) is 11.8 Å². The number of nitrogens with zero attached hydrogens (tertiary/aromatic N) is 3. The topological polar surface area (TPSA) is 30.3 Å². The van der Waals surface area contributed by atoms with E-state index in [2.05, 4.69) is 20.7 Å². The summed E-state index contributed by atoms with van der Waals surface area (Å²) in [5.74, 6) is 1.46. The molecule has 0 radical (unpaired) electrons. The maximum atomic E-state index is 5.40. The molecule has 0 bridgehead atoms. The molecule has 1 atom stereocenters. The van der Waals surface area contributed by atoms with Gasteiger partial charge in [-0.25, -0.2) is 0 Å². The van der Waals surface area contributed by atoms with Crippen LogP contribution < -0.4 is 0 Å². The lowest BCUT2D eigenvalue weighted by molar-refractivity contribution is 0.106. The molecule has 1 unspecified atom stereocenters. The minimum absolute atomic E-state index is 0.560. The third-order valence-electron chi connectivity index (χ3n) is 4.78. The van der Waals surface area contributed by atoms with E-state index in [1.165, 1.54) is 44.3 Å². The number of rotatable bonds is 4. The Morgan fingerprint density at radius 2 is 2.05 bits per heavy atom. The highest BCUT2D eigenvalue weighted by atomic mass is 16.5. The van der Waals surface area contributed by atoms with E-state index in [0.717, 1.165) is 32.2 Å². The summed E-state index contributed by atoms with van der Waals surface area (Å²) in [6, 6.07) is 2.17. The normalized spacial score (nSPS) is 25.4. The summed E-state index contributed by atoms with van der Waals surface area (Å²) in [6.45, 7) is 5.29. The van der Waals surface area contributed by atoms with Crippen molar-refractivity contribution >= 4 is 0 Å². The van der Waals surface area contributed by atoms with Gasteiger partial charge in [0, 0.05) is 45.4 Å². The van der Waals surface area contributed by atoms with Gasteiger partial charge in [-0.2, -0.15) is 5.10 Å². The van der Waals surface area contributed by atoms with E-state index in [0.29, 0.717) is 5.92 Å². The van der Waals surface area contributed by atoms with E-state index < -0.39 is 0 Å². The smallest absolute Gasteiger partial charge is 0.0524 e. The fourth-order valence-electron chi connectivity index (χ4n) is 3.83. The maximum absolute atomic E-state index is 5.40. The van der Waals surface area contributed by atoms with Crippen LogP contribution in [-0.2, 0) is 17.8 Å². The maximum Gasteiger partial charge on any atom is 0.0524 e. The van der Waals surface area contributed by atoms with Crippen molar-refractivity contribution in [2.45, 2.75) is 45.2 Å². The van der Waals surface area contributed by atoms with Crippen LogP contribution >= 0.6 is 0 Å². The molecule has 1 aliphatic heterocycles. The molecule has 4 heteroatoms. The second-order valence-corrected chi connectivity index (χ2v) is 6.52. The second kappa shape index (κ2) is 6.72. The molecule has 2 aliphatic rings. The van der Waals surface area contributed by atoms with Crippen molar-refractivity contribution in [3.8, 4) is 0 Å². The van der Waals surface area contributed by atoms with E-state index in [-0.39, 0.29) is 0 Å². The lowest BCUT2D eigenvalue weighted by Gasteiger charge is -2.30. The Labute approximate surface area is 122 Å². The van der Waals surface area contributed by atoms with Gasteiger partial charge in [-0.15, -0.1) is 0 Å². The highest BCUT2D eigenvalue weighted by Crippen LogP contribution is 2.26. The van der Waals surface area contributed by atoms with Crippen molar-refractivity contribution < 1.29 is 4.74 Å². The zero-order valence-electron chi connectivity index (χ0n) is 12.6. The molecule has 1 aromatic heterocycles. The number of methoxy groups -OCH3 is 1. The zero-order valence-corrected chi connectivity index (χ0v) is 12.6. The van der Waals surface area contributed by atoms with Gasteiger partial charge in [0.05, 0.1) is 12.3 Å². The van der Waals surface area contributed by atoms with Crippen LogP contribution in [0.15, 0.2) is 12.3 Å². The fraction of sp³-hybridized carbons (Fsp3) is 0.812. The summed E-state index contributed by atoms with van der Waals surface area (Å²) in [5, 5.41) is 4.46. The largest absolute Gasteiger partial charge is 0.384 e. The molecular formula is C16H27N3O. The molecule has 1 aromatic rings. The van der Waals surface area contributed by atoms with Gasteiger partial charge in [0.2, 0.25) is 0 Å². The van der Waals surface area contributed by atoms with E-state index in [1.54, 1.807) is 7.11 Å². The average molecular weight is 277 g/mol. The first-order valence-corrected chi connectivity index (χ1v) is 8.07. The third kappa shape index (κ3) is 3.41. The summed E-state index contributed by atoms with van der Waals surface area (Å²) in [5.41, 5.74) is 1.36. The minimum atomic E-state index is 0.560. The molecular weight excluding hydrogens is 250 g/mol. The van der Waals surface area contributed by atoms with Crippen LogP contribution in [0.3, 0.4) is 0 Å². The molecule has 4 nitrogen and oxygen atoms in total. The summed E-state index contributed by atoms with van der Waals surface area (Å²) >= 11 is 0. The van der Waals surface area contributed by atoms with Gasteiger partial charge in [-0.1, -0.05) is 19.3 Å². The van der Waals surface area contributed by atoms with E-state index in [1.807, 2.05) is 6.20 Å². The SMILES string of the molecule is COCC1CN(CC2CCCCC2)Cc2ccnn2C1. The van der Waals surface area contributed by atoms with Crippen molar-refractivity contribution in [2.24, 2.45) is 11.8 Å². The quantitative estimate of drug-likeness (QED) is 0.847. The molecule has 1 saturated carbocycles. The minimum Gasteiger partial charge on any atom is -0.384 e. The van der Waals surface area contributed by atoms with E-state index in [4.69, 9.17) is 4.74 Å². The van der Waals surface area contributed by atoms with Gasteiger partial charge in [-0.05, 0) is 24.8 Å². The third-order valence-corrected chi connectivity index (χ3v) is 4.78. The number of aromatic nitrogens is 2. The summed E-state index contributed by atoms with van der Waals surface area (Å²) in [7, 11) is 1.81. The Hall–Kier alpha value is -0.870. The molecule has 0 spiro atoms. The van der Waals surface area contributed by atoms with Gasteiger partial charge in [-0.3, -0.25) is 9.58 Å². The summed E-state index contributed by atoms with van der Waals surface area (Å²) < 4.78 is 7.57. The summed E-state index contributed by atoms with van der Waals surface area (Å²) in [4.78, 5) is 2.64. The van der Waals surface area contributed by atoms with E-state index >= 15 is 0 Å². The first-order valence-electron chi connectivity index (χ1n) is 8.07. The average Bonchev–Trinajstić information content (AvgIpc) is 2.81. The Morgan fingerprint density at radius 1 is 1.20 bits per heavy atom. The van der Waals surface area contributed by atoms with Crippen molar-refractivity contribution in [1.29, 1.82) is 0 Å². The molecule has 1 aliphatic carbocycles. The van der Waals surface area contributed by atoms with Crippen molar-refractivity contribution in [2.75, 3.05) is 26.8 Å². The number of hydrogen-bond donors (Lipinski definition) is 0. The predicted molar refractivity (Wildman–Crippen MR) is 79.4 cm³/mol. The highest BCUT2D eigenvalue weighted by Gasteiger charge is 2.24. The Balaban J connectivity index is 1.66. The molecule has 112 valence electrons. The highest BCUT2D eigenvalue weighted by molar-refractivity contribution is 5.02. The monoisotopic (exact) mass is 277 g/mol. The van der Waals surface area contributed by atoms with Crippen LogP contribution in [0.4, 0.5) is 0 Å². The summed E-state index contributed by atoms with van der Waals surface area (Å²) in [6.07, 6.45) is 9.07. The Kier molecular flexibility index (Phi) is 4.73. The standard InChI is InChI=1S/C16H27N3O/c1-20-13-15-10-18(9-14-5-3-2-4-6-14)12-16-7-8-17-19(16)11-15/h7-8,14-15H,2-6,9-13H2,1H3. The molecule has 0 N–H and O–H groups in total. The van der Waals surface area contributed by atoms with Crippen molar-refractivity contribution in [3.63, 3.8) is 0 Å². The molecule has 0 aromatic carbocycles. The lowest BCUT2D eigenvalue weighted by Crippen LogP contribution is -2.34. The number of fused-ring (bicyclic) bond motifs is 1. The van der Waals surface area contributed by atoms with Crippen LogP contribution in [-0.4, -0.2) is 41.5 Å². The fourth-order valence-corrected chi connectivity index (χ4v) is 3.83. The van der Waals surface area contributed by atoms with Crippen molar-refractivity contribution in [3.05, 3.63) is 18.0 Å². The lowest BCUT2D eigenvalue weighted by atomic mass is 9.89. The predicted octanol–water partition coefficient (Wildman–Crippen LogP) is 2.54.